The summed E-state index contributed by atoms with van der Waals surface area (Å²) in [4.78, 5) is 4.44. The molecule has 0 saturated carbocycles. The Kier molecular flexibility index (Phi) is 7.09. The van der Waals surface area contributed by atoms with Gasteiger partial charge >= 0.3 is 0 Å². The molecule has 0 N–H and O–H groups in total. The first-order chi connectivity index (χ1) is 6.56. The lowest BCUT2D eigenvalue weighted by Gasteiger charge is -2.02. The van der Waals surface area contributed by atoms with Gasteiger partial charge in [0.15, 0.2) is 0 Å². The van der Waals surface area contributed by atoms with Crippen molar-refractivity contribution in [2.24, 2.45) is 4.99 Å². The maximum Gasteiger partial charge on any atom is 0.0601 e. The number of hydrogen-bond donors (Lipinski definition) is 0. The fraction of sp³-hybridized carbons (Fsp3) is 0.615. The molecule has 0 aromatic rings. The van der Waals surface area contributed by atoms with Crippen LogP contribution in [-0.2, 0) is 0 Å². The van der Waals surface area contributed by atoms with Gasteiger partial charge in [-0.1, -0.05) is 24.6 Å². The second kappa shape index (κ2) is 7.54. The molecule has 1 nitrogen and oxygen atoms in total. The second-order valence-corrected chi connectivity index (χ2v) is 4.02. The Morgan fingerprint density at radius 2 is 1.71 bits per heavy atom. The van der Waals surface area contributed by atoms with E-state index in [-0.39, 0.29) is 0 Å². The molecular weight excluding hydrogens is 170 g/mol. The molecule has 0 rings (SSSR count). The molecule has 1 heteroatoms. The minimum atomic E-state index is 0.861. The molecule has 0 aliphatic carbocycles. The molecule has 0 heterocycles. The maximum absolute atomic E-state index is 4.44. The van der Waals surface area contributed by atoms with Gasteiger partial charge in [-0.2, -0.15) is 0 Å². The van der Waals surface area contributed by atoms with Crippen molar-refractivity contribution in [3.05, 3.63) is 23.3 Å². The van der Waals surface area contributed by atoms with Crippen molar-refractivity contribution in [2.45, 2.75) is 47.5 Å². The van der Waals surface area contributed by atoms with Crippen LogP contribution >= 0.6 is 0 Å². The molecule has 0 bridgehead atoms. The van der Waals surface area contributed by atoms with E-state index in [4.69, 9.17) is 0 Å². The van der Waals surface area contributed by atoms with E-state index in [0.717, 1.165) is 25.1 Å². The Bertz CT molecular complexity index is 214. The zero-order valence-corrected chi connectivity index (χ0v) is 10.2. The largest absolute Gasteiger partial charge is 0.290 e. The lowest BCUT2D eigenvalue weighted by molar-refractivity contribution is 1.02. The molecule has 80 valence electrons. The summed E-state index contributed by atoms with van der Waals surface area (Å²) in [6.45, 7) is 11.4. The molecule has 0 atom stereocenters. The van der Waals surface area contributed by atoms with E-state index in [1.807, 2.05) is 13.8 Å². The molecule has 0 fully saturated rings. The topological polar surface area (TPSA) is 12.4 Å². The monoisotopic (exact) mass is 193 g/mol. The third-order valence-electron chi connectivity index (χ3n) is 1.86. The molecule has 0 aliphatic heterocycles. The first-order valence-corrected chi connectivity index (χ1v) is 5.35. The fourth-order valence-electron chi connectivity index (χ4n) is 1.10. The lowest BCUT2D eigenvalue weighted by Crippen LogP contribution is -1.91. The van der Waals surface area contributed by atoms with Gasteiger partial charge in [-0.3, -0.25) is 4.99 Å². The van der Waals surface area contributed by atoms with Crippen molar-refractivity contribution in [3.63, 3.8) is 0 Å². The third kappa shape index (κ3) is 7.78. The minimum absolute atomic E-state index is 0.861. The SMILES string of the molecule is CC/C=C(\CC=C(C)C)CN=C(C)C. The van der Waals surface area contributed by atoms with Crippen molar-refractivity contribution in [2.75, 3.05) is 6.54 Å². The zero-order valence-electron chi connectivity index (χ0n) is 10.2. The number of aliphatic imine (C=N–C) groups is 1. The summed E-state index contributed by atoms with van der Waals surface area (Å²) in [6.07, 6.45) is 6.70. The van der Waals surface area contributed by atoms with Crippen molar-refractivity contribution in [1.82, 2.24) is 0 Å². The number of nitrogens with zero attached hydrogens (tertiary/aromatic N) is 1. The number of hydrogen-bond acceptors (Lipinski definition) is 1. The van der Waals surface area contributed by atoms with Crippen molar-refractivity contribution in [1.29, 1.82) is 0 Å². The Morgan fingerprint density at radius 3 is 2.14 bits per heavy atom. The van der Waals surface area contributed by atoms with Crippen molar-refractivity contribution in [3.8, 4) is 0 Å². The van der Waals surface area contributed by atoms with Gasteiger partial charge < -0.3 is 0 Å². The molecule has 14 heavy (non-hydrogen) atoms. The third-order valence-corrected chi connectivity index (χ3v) is 1.86. The van der Waals surface area contributed by atoms with E-state index < -0.39 is 0 Å². The summed E-state index contributed by atoms with van der Waals surface area (Å²) in [6, 6.07) is 0. The second-order valence-electron chi connectivity index (χ2n) is 4.02. The van der Waals surface area contributed by atoms with Gasteiger partial charge in [0.2, 0.25) is 0 Å². The Labute approximate surface area is 88.6 Å². The van der Waals surface area contributed by atoms with Crippen LogP contribution < -0.4 is 0 Å². The minimum Gasteiger partial charge on any atom is -0.290 e. The van der Waals surface area contributed by atoms with Crippen molar-refractivity contribution < 1.29 is 0 Å². The quantitative estimate of drug-likeness (QED) is 0.459. The van der Waals surface area contributed by atoms with Gasteiger partial charge in [0, 0.05) is 5.71 Å². The van der Waals surface area contributed by atoms with Crippen molar-refractivity contribution >= 4 is 5.71 Å². The molecule has 0 spiro atoms. The van der Waals surface area contributed by atoms with E-state index in [1.54, 1.807) is 0 Å². The average Bonchev–Trinajstić information content (AvgIpc) is 2.09. The van der Waals surface area contributed by atoms with Crippen LogP contribution in [0.25, 0.3) is 0 Å². The van der Waals surface area contributed by atoms with Crippen LogP contribution in [0.1, 0.15) is 47.5 Å². The van der Waals surface area contributed by atoms with Gasteiger partial charge in [0.1, 0.15) is 0 Å². The molecular formula is C13H23N. The summed E-state index contributed by atoms with van der Waals surface area (Å²) >= 11 is 0. The number of allylic oxidation sites excluding steroid dienone is 3. The molecule has 0 unspecified atom stereocenters. The van der Waals surface area contributed by atoms with E-state index in [9.17, 15) is 0 Å². The van der Waals surface area contributed by atoms with Gasteiger partial charge in [0.05, 0.1) is 6.54 Å². The van der Waals surface area contributed by atoms with Crippen LogP contribution in [0, 0.1) is 0 Å². The highest BCUT2D eigenvalue weighted by Gasteiger charge is 1.93. The molecule has 0 saturated heterocycles. The highest BCUT2D eigenvalue weighted by molar-refractivity contribution is 5.79. The average molecular weight is 193 g/mol. The number of rotatable bonds is 5. The first-order valence-electron chi connectivity index (χ1n) is 5.35. The summed E-state index contributed by atoms with van der Waals surface area (Å²) in [5.74, 6) is 0. The van der Waals surface area contributed by atoms with Gasteiger partial charge in [-0.05, 0) is 46.1 Å². The van der Waals surface area contributed by atoms with E-state index in [1.165, 1.54) is 11.1 Å². The van der Waals surface area contributed by atoms with Crippen LogP contribution in [0.15, 0.2) is 28.3 Å². The van der Waals surface area contributed by atoms with Crippen LogP contribution in [0.2, 0.25) is 0 Å². The molecule has 0 radical (unpaired) electrons. The molecule has 0 amide bonds. The summed E-state index contributed by atoms with van der Waals surface area (Å²) in [5.41, 5.74) is 3.96. The first kappa shape index (κ1) is 13.2. The zero-order chi connectivity index (χ0) is 11.0. The van der Waals surface area contributed by atoms with Gasteiger partial charge in [-0.25, -0.2) is 0 Å². The predicted octanol–water partition coefficient (Wildman–Crippen LogP) is 4.16. The normalized spacial score (nSPS) is 11.1. The summed E-state index contributed by atoms with van der Waals surface area (Å²) in [5, 5.41) is 0. The van der Waals surface area contributed by atoms with Crippen LogP contribution in [-0.4, -0.2) is 12.3 Å². The predicted molar refractivity (Wildman–Crippen MR) is 66.1 cm³/mol. The van der Waals surface area contributed by atoms with Gasteiger partial charge in [0.25, 0.3) is 0 Å². The smallest absolute Gasteiger partial charge is 0.0601 e. The summed E-state index contributed by atoms with van der Waals surface area (Å²) < 4.78 is 0. The molecule has 0 aliphatic rings. The van der Waals surface area contributed by atoms with E-state index in [0.29, 0.717) is 0 Å². The van der Waals surface area contributed by atoms with E-state index in [2.05, 4.69) is 37.9 Å². The Balaban J connectivity index is 4.25. The molecule has 0 aromatic heterocycles. The van der Waals surface area contributed by atoms with Gasteiger partial charge in [-0.15, -0.1) is 0 Å². The Morgan fingerprint density at radius 1 is 1.07 bits per heavy atom. The maximum atomic E-state index is 4.44. The Hall–Kier alpha value is -0.850. The van der Waals surface area contributed by atoms with Crippen LogP contribution in [0.4, 0.5) is 0 Å². The molecule has 0 aromatic carbocycles. The lowest BCUT2D eigenvalue weighted by atomic mass is 10.1. The summed E-state index contributed by atoms with van der Waals surface area (Å²) in [7, 11) is 0. The highest BCUT2D eigenvalue weighted by atomic mass is 14.7. The van der Waals surface area contributed by atoms with E-state index >= 15 is 0 Å². The fourth-order valence-corrected chi connectivity index (χ4v) is 1.10. The van der Waals surface area contributed by atoms with Crippen LogP contribution in [0.3, 0.4) is 0 Å². The standard InChI is InChI=1S/C13H23N/c1-6-7-13(9-8-11(2)3)10-14-12(4)5/h7-8H,6,9-10H2,1-5H3/b13-7+. The van der Waals surface area contributed by atoms with Crippen LogP contribution in [0.5, 0.6) is 0 Å². The highest BCUT2D eigenvalue weighted by Crippen LogP contribution is 2.07.